The van der Waals surface area contributed by atoms with Gasteiger partial charge in [-0.15, -0.1) is 0 Å². The molecule has 0 saturated carbocycles. The lowest BCUT2D eigenvalue weighted by Gasteiger charge is -2.37. The highest BCUT2D eigenvalue weighted by Crippen LogP contribution is 2.27. The first kappa shape index (κ1) is 20.7. The van der Waals surface area contributed by atoms with Crippen LogP contribution in [0.15, 0.2) is 54.7 Å². The number of aromatic amines is 1. The number of para-hydroxylation sites is 1. The molecule has 6 nitrogen and oxygen atoms in total. The minimum absolute atomic E-state index is 0.0450. The molecular weight excluding hydrogens is 407 g/mol. The van der Waals surface area contributed by atoms with Crippen molar-refractivity contribution in [2.45, 2.75) is 32.0 Å². The number of carbonyl (C=O) groups is 2. The van der Waals surface area contributed by atoms with Crippen LogP contribution in [0.25, 0.3) is 10.9 Å². The van der Waals surface area contributed by atoms with E-state index in [0.29, 0.717) is 32.5 Å². The Hall–Kier alpha value is -3.19. The Kier molecular flexibility index (Phi) is 5.66. The largest absolute Gasteiger partial charge is 0.361 e. The quantitative estimate of drug-likeness (QED) is 0.671. The zero-order chi connectivity index (χ0) is 22.1. The van der Waals surface area contributed by atoms with Crippen molar-refractivity contribution < 1.29 is 14.0 Å². The number of hydrogen-bond donors (Lipinski definition) is 1. The highest BCUT2D eigenvalue weighted by atomic mass is 19.1. The Morgan fingerprint density at radius 2 is 1.75 bits per heavy atom. The first-order chi connectivity index (χ1) is 15.6. The molecule has 1 atom stereocenters. The van der Waals surface area contributed by atoms with Crippen LogP contribution >= 0.6 is 0 Å². The van der Waals surface area contributed by atoms with Gasteiger partial charge in [-0.25, -0.2) is 4.39 Å². The van der Waals surface area contributed by atoms with Crippen LogP contribution < -0.4 is 0 Å². The minimum Gasteiger partial charge on any atom is -0.361 e. The average molecular weight is 435 g/mol. The highest BCUT2D eigenvalue weighted by Gasteiger charge is 2.39. The Balaban J connectivity index is 1.22. The summed E-state index contributed by atoms with van der Waals surface area (Å²) >= 11 is 0. The topological polar surface area (TPSA) is 59.7 Å². The van der Waals surface area contributed by atoms with E-state index in [9.17, 15) is 14.0 Å². The van der Waals surface area contributed by atoms with Gasteiger partial charge in [0.15, 0.2) is 0 Å². The molecule has 7 heteroatoms. The summed E-state index contributed by atoms with van der Waals surface area (Å²) in [6, 6.07) is 14.2. The van der Waals surface area contributed by atoms with Crippen molar-refractivity contribution in [3.05, 3.63) is 71.7 Å². The molecular formula is C25H27FN4O2. The molecule has 0 aliphatic carbocycles. The summed E-state index contributed by atoms with van der Waals surface area (Å²) in [5, 5.41) is 1.09. The molecule has 1 aromatic heterocycles. The van der Waals surface area contributed by atoms with E-state index < -0.39 is 0 Å². The van der Waals surface area contributed by atoms with Crippen LogP contribution in [0.1, 0.15) is 24.0 Å². The van der Waals surface area contributed by atoms with Gasteiger partial charge in [0.25, 0.3) is 0 Å². The number of nitrogens with zero attached hydrogens (tertiary/aromatic N) is 3. The monoisotopic (exact) mass is 434 g/mol. The summed E-state index contributed by atoms with van der Waals surface area (Å²) in [4.78, 5) is 35.1. The molecule has 2 aliphatic heterocycles. The fourth-order valence-electron chi connectivity index (χ4n) is 4.82. The molecule has 1 unspecified atom stereocenters. The SMILES string of the molecule is O=C(C1CCC(=O)N1Cc1c[nH]c2ccccc12)N1CCN(Cc2ccc(F)cc2)CC1. The summed E-state index contributed by atoms with van der Waals surface area (Å²) < 4.78 is 13.1. The molecule has 2 saturated heterocycles. The molecule has 32 heavy (non-hydrogen) atoms. The van der Waals surface area contributed by atoms with E-state index in [0.717, 1.165) is 41.7 Å². The van der Waals surface area contributed by atoms with Gasteiger partial charge in [0.1, 0.15) is 11.9 Å². The van der Waals surface area contributed by atoms with E-state index in [2.05, 4.69) is 9.88 Å². The molecule has 2 amide bonds. The molecule has 3 heterocycles. The second-order valence-electron chi connectivity index (χ2n) is 8.66. The average Bonchev–Trinajstić information content (AvgIpc) is 3.39. The number of hydrogen-bond acceptors (Lipinski definition) is 3. The Morgan fingerprint density at radius 3 is 2.53 bits per heavy atom. The molecule has 5 rings (SSSR count). The minimum atomic E-state index is -0.389. The second-order valence-corrected chi connectivity index (χ2v) is 8.66. The number of nitrogens with one attached hydrogen (secondary N) is 1. The van der Waals surface area contributed by atoms with Gasteiger partial charge >= 0.3 is 0 Å². The summed E-state index contributed by atoms with van der Waals surface area (Å²) in [7, 11) is 0. The zero-order valence-electron chi connectivity index (χ0n) is 18.0. The van der Waals surface area contributed by atoms with Crippen molar-refractivity contribution in [3.63, 3.8) is 0 Å². The third kappa shape index (κ3) is 4.12. The van der Waals surface area contributed by atoms with Gasteiger partial charge in [-0.05, 0) is 35.7 Å². The molecule has 0 bridgehead atoms. The number of carbonyl (C=O) groups excluding carboxylic acids is 2. The van der Waals surface area contributed by atoms with Crippen molar-refractivity contribution in [1.29, 1.82) is 0 Å². The fourth-order valence-corrected chi connectivity index (χ4v) is 4.82. The van der Waals surface area contributed by atoms with Crippen LogP contribution in [0.3, 0.4) is 0 Å². The van der Waals surface area contributed by atoms with Gasteiger partial charge in [-0.2, -0.15) is 0 Å². The second kappa shape index (κ2) is 8.74. The van der Waals surface area contributed by atoms with Crippen molar-refractivity contribution >= 4 is 22.7 Å². The van der Waals surface area contributed by atoms with Gasteiger partial charge in [-0.3, -0.25) is 14.5 Å². The first-order valence-corrected chi connectivity index (χ1v) is 11.2. The third-order valence-corrected chi connectivity index (χ3v) is 6.63. The van der Waals surface area contributed by atoms with Crippen LogP contribution in [0, 0.1) is 5.82 Å². The predicted octanol–water partition coefficient (Wildman–Crippen LogP) is 3.14. The lowest BCUT2D eigenvalue weighted by atomic mass is 10.1. The Morgan fingerprint density at radius 1 is 1.00 bits per heavy atom. The van der Waals surface area contributed by atoms with E-state index in [1.165, 1.54) is 12.1 Å². The lowest BCUT2D eigenvalue weighted by Crippen LogP contribution is -2.53. The number of H-pyrrole nitrogens is 1. The summed E-state index contributed by atoms with van der Waals surface area (Å²) in [6.45, 7) is 4.02. The smallest absolute Gasteiger partial charge is 0.245 e. The summed E-state index contributed by atoms with van der Waals surface area (Å²) in [6.07, 6.45) is 2.94. The highest BCUT2D eigenvalue weighted by molar-refractivity contribution is 5.91. The van der Waals surface area contributed by atoms with Gasteiger partial charge in [0.05, 0.1) is 0 Å². The van der Waals surface area contributed by atoms with Gasteiger partial charge in [-0.1, -0.05) is 30.3 Å². The van der Waals surface area contributed by atoms with Crippen molar-refractivity contribution in [2.24, 2.45) is 0 Å². The van der Waals surface area contributed by atoms with Crippen molar-refractivity contribution in [1.82, 2.24) is 19.7 Å². The molecule has 2 aliphatic rings. The molecule has 0 spiro atoms. The normalized spacial score (nSPS) is 19.8. The molecule has 2 aromatic carbocycles. The van der Waals surface area contributed by atoms with E-state index in [-0.39, 0.29) is 23.7 Å². The number of rotatable bonds is 5. The van der Waals surface area contributed by atoms with Crippen LogP contribution in [0.5, 0.6) is 0 Å². The molecule has 1 N–H and O–H groups in total. The van der Waals surface area contributed by atoms with Crippen LogP contribution in [0.4, 0.5) is 4.39 Å². The molecule has 2 fully saturated rings. The van der Waals surface area contributed by atoms with Crippen LogP contribution in [-0.2, 0) is 22.7 Å². The fraction of sp³-hybridized carbons (Fsp3) is 0.360. The number of fused-ring (bicyclic) bond motifs is 1. The van der Waals surface area contributed by atoms with Gasteiger partial charge in [0, 0.05) is 62.8 Å². The zero-order valence-corrected chi connectivity index (χ0v) is 18.0. The van der Waals surface area contributed by atoms with Crippen LogP contribution in [0.2, 0.25) is 0 Å². The number of piperazine rings is 1. The number of likely N-dealkylation sites (tertiary alicyclic amines) is 1. The van der Waals surface area contributed by atoms with Crippen molar-refractivity contribution in [2.75, 3.05) is 26.2 Å². The molecule has 3 aromatic rings. The summed E-state index contributed by atoms with van der Waals surface area (Å²) in [5.41, 5.74) is 3.14. The number of halogens is 1. The molecule has 0 radical (unpaired) electrons. The Bertz CT molecular complexity index is 1120. The maximum absolute atomic E-state index is 13.3. The lowest BCUT2D eigenvalue weighted by molar-refractivity contribution is -0.143. The number of benzene rings is 2. The third-order valence-electron chi connectivity index (χ3n) is 6.63. The number of aromatic nitrogens is 1. The summed E-state index contributed by atoms with van der Waals surface area (Å²) in [5.74, 6) is -0.131. The standard InChI is InChI=1S/C25H27FN4O2/c26-20-7-5-18(6-8-20)16-28-11-13-29(14-12-28)25(32)23-9-10-24(31)30(23)17-19-15-27-22-4-2-1-3-21(19)22/h1-8,15,23,27H,9-14,16-17H2. The first-order valence-electron chi connectivity index (χ1n) is 11.2. The van der Waals surface area contributed by atoms with Crippen molar-refractivity contribution in [3.8, 4) is 0 Å². The van der Waals surface area contributed by atoms with E-state index in [4.69, 9.17) is 0 Å². The predicted molar refractivity (Wildman–Crippen MR) is 120 cm³/mol. The van der Waals surface area contributed by atoms with E-state index >= 15 is 0 Å². The van der Waals surface area contributed by atoms with Crippen LogP contribution in [-0.4, -0.2) is 63.7 Å². The van der Waals surface area contributed by atoms with E-state index in [1.807, 2.05) is 35.4 Å². The molecule has 166 valence electrons. The Labute approximate surface area is 186 Å². The van der Waals surface area contributed by atoms with E-state index in [1.54, 1.807) is 17.0 Å². The number of amides is 2. The maximum atomic E-state index is 13.3. The van der Waals surface area contributed by atoms with Gasteiger partial charge in [0.2, 0.25) is 11.8 Å². The maximum Gasteiger partial charge on any atom is 0.245 e. The van der Waals surface area contributed by atoms with Gasteiger partial charge < -0.3 is 14.8 Å².